The quantitative estimate of drug-likeness (QED) is 0.0320. The van der Waals surface area contributed by atoms with Crippen molar-refractivity contribution in [2.75, 3.05) is 13.2 Å². The number of amides is 1. The molecule has 2 atom stereocenters. The molecule has 75 heavy (non-hydrogen) atoms. The molecule has 0 radical (unpaired) electrons. The van der Waals surface area contributed by atoms with Gasteiger partial charge in [0.05, 0.1) is 25.4 Å². The number of ether oxygens (including phenoxy) is 1. The van der Waals surface area contributed by atoms with Crippen LogP contribution in [0.4, 0.5) is 0 Å². The SMILES string of the molecule is CCCCCCC/C=C\CCCCCCCC(=O)OCCCCCCCCCCCCCCCC/C=C\CCCCCCCCCCCCCCCCCCCC(=O)NC(CO)C(O)CCCCCCCCCCC. The Morgan fingerprint density at radius 1 is 0.360 bits per heavy atom. The predicted molar refractivity (Wildman–Crippen MR) is 329 cm³/mol. The Kier molecular flexibility index (Phi) is 63.4. The Bertz CT molecular complexity index is 1170. The summed E-state index contributed by atoms with van der Waals surface area (Å²) in [7, 11) is 0. The van der Waals surface area contributed by atoms with E-state index in [9.17, 15) is 19.8 Å². The Morgan fingerprint density at radius 3 is 0.947 bits per heavy atom. The van der Waals surface area contributed by atoms with Gasteiger partial charge in [-0.3, -0.25) is 9.59 Å². The van der Waals surface area contributed by atoms with E-state index < -0.39 is 12.1 Å². The monoisotopic (exact) mass is 1060 g/mol. The predicted octanol–water partition coefficient (Wildman–Crippen LogP) is 21.8. The van der Waals surface area contributed by atoms with Crippen molar-refractivity contribution >= 4 is 11.9 Å². The van der Waals surface area contributed by atoms with Crippen LogP contribution in [0.1, 0.15) is 380 Å². The molecule has 444 valence electrons. The summed E-state index contributed by atoms with van der Waals surface area (Å²) in [5.74, 6) is -0.0203. The van der Waals surface area contributed by atoms with Crippen LogP contribution in [0, 0.1) is 0 Å². The van der Waals surface area contributed by atoms with E-state index >= 15 is 0 Å². The van der Waals surface area contributed by atoms with E-state index in [-0.39, 0.29) is 18.5 Å². The van der Waals surface area contributed by atoms with E-state index in [1.54, 1.807) is 0 Å². The second-order valence-electron chi connectivity index (χ2n) is 23.5. The molecule has 0 aromatic rings. The standard InChI is InChI=1S/C69H133NO5/c1-3-5-7-9-11-13-14-15-40-43-47-51-55-59-63-69(74)75-64-60-56-52-48-44-41-38-36-34-32-30-28-26-24-22-20-18-16-17-19-21-23-25-27-29-31-33-35-37-39-42-46-50-54-58-62-68(73)70-66(65-71)67(72)61-57-53-49-45-12-10-8-6-4-2/h14-15,18,20,66-67,71-72H,3-13,16-17,19,21-65H2,1-2H3,(H,70,73)/b15-14-,20-18-. The van der Waals surface area contributed by atoms with Gasteiger partial charge in [-0.05, 0) is 77.0 Å². The number of carbonyl (C=O) groups is 2. The second-order valence-corrected chi connectivity index (χ2v) is 23.5. The van der Waals surface area contributed by atoms with Crippen molar-refractivity contribution in [1.82, 2.24) is 5.32 Å². The summed E-state index contributed by atoms with van der Waals surface area (Å²) in [5, 5.41) is 23.1. The number of carbonyl (C=O) groups excluding carboxylic acids is 2. The van der Waals surface area contributed by atoms with Gasteiger partial charge in [-0.2, -0.15) is 0 Å². The smallest absolute Gasteiger partial charge is 0.305 e. The summed E-state index contributed by atoms with van der Waals surface area (Å²) in [5.41, 5.74) is 0. The number of hydrogen-bond donors (Lipinski definition) is 3. The van der Waals surface area contributed by atoms with Gasteiger partial charge in [-0.1, -0.05) is 314 Å². The highest BCUT2D eigenvalue weighted by Gasteiger charge is 2.20. The summed E-state index contributed by atoms with van der Waals surface area (Å²) >= 11 is 0. The number of rotatable bonds is 64. The van der Waals surface area contributed by atoms with Crippen molar-refractivity contribution < 1.29 is 24.5 Å². The molecule has 0 rings (SSSR count). The Balaban J connectivity index is 3.30. The molecule has 0 aromatic carbocycles. The van der Waals surface area contributed by atoms with Gasteiger partial charge < -0.3 is 20.3 Å². The minimum absolute atomic E-state index is 0.0119. The average Bonchev–Trinajstić information content (AvgIpc) is 3.41. The summed E-state index contributed by atoms with van der Waals surface area (Å²) in [6.45, 7) is 4.94. The van der Waals surface area contributed by atoms with Crippen LogP contribution in [0.5, 0.6) is 0 Å². The van der Waals surface area contributed by atoms with Gasteiger partial charge in [0, 0.05) is 12.8 Å². The lowest BCUT2D eigenvalue weighted by atomic mass is 10.0. The third-order valence-electron chi connectivity index (χ3n) is 16.0. The molecule has 0 bridgehead atoms. The zero-order valence-corrected chi connectivity index (χ0v) is 50.8. The van der Waals surface area contributed by atoms with E-state index in [1.165, 1.54) is 302 Å². The van der Waals surface area contributed by atoms with Gasteiger partial charge in [0.25, 0.3) is 0 Å². The highest BCUT2D eigenvalue weighted by atomic mass is 16.5. The van der Waals surface area contributed by atoms with E-state index in [0.717, 1.165) is 44.9 Å². The lowest BCUT2D eigenvalue weighted by molar-refractivity contribution is -0.143. The average molecular weight is 1060 g/mol. The molecule has 0 heterocycles. The van der Waals surface area contributed by atoms with E-state index in [1.807, 2.05) is 0 Å². The van der Waals surface area contributed by atoms with Crippen LogP contribution in [0.2, 0.25) is 0 Å². The van der Waals surface area contributed by atoms with Gasteiger partial charge in [0.2, 0.25) is 5.91 Å². The Morgan fingerprint density at radius 2 is 0.627 bits per heavy atom. The maximum atomic E-state index is 12.4. The fourth-order valence-corrected chi connectivity index (χ4v) is 10.7. The lowest BCUT2D eigenvalue weighted by Gasteiger charge is -2.22. The molecule has 6 heteroatoms. The topological polar surface area (TPSA) is 95.9 Å². The molecule has 0 spiro atoms. The number of esters is 1. The normalized spacial score (nSPS) is 12.6. The largest absolute Gasteiger partial charge is 0.466 e. The van der Waals surface area contributed by atoms with Gasteiger partial charge in [-0.25, -0.2) is 0 Å². The van der Waals surface area contributed by atoms with Crippen molar-refractivity contribution in [3.8, 4) is 0 Å². The molecular weight excluding hydrogens is 923 g/mol. The molecular formula is C69H133NO5. The first-order chi connectivity index (χ1) is 37.0. The lowest BCUT2D eigenvalue weighted by Crippen LogP contribution is -2.45. The Hall–Kier alpha value is -1.66. The van der Waals surface area contributed by atoms with Gasteiger partial charge >= 0.3 is 5.97 Å². The summed E-state index contributed by atoms with van der Waals surface area (Å²) < 4.78 is 5.49. The summed E-state index contributed by atoms with van der Waals surface area (Å²) in [6.07, 6.45) is 81.0. The van der Waals surface area contributed by atoms with Crippen LogP contribution in [0.15, 0.2) is 24.3 Å². The molecule has 0 aliphatic heterocycles. The van der Waals surface area contributed by atoms with Crippen LogP contribution in [-0.4, -0.2) is 47.4 Å². The fourth-order valence-electron chi connectivity index (χ4n) is 10.7. The molecule has 0 aliphatic rings. The van der Waals surface area contributed by atoms with Gasteiger partial charge in [-0.15, -0.1) is 0 Å². The molecule has 0 saturated carbocycles. The van der Waals surface area contributed by atoms with Crippen LogP contribution < -0.4 is 5.32 Å². The number of unbranched alkanes of at least 4 members (excludes halogenated alkanes) is 49. The van der Waals surface area contributed by atoms with Crippen molar-refractivity contribution in [1.29, 1.82) is 0 Å². The Labute approximate surface area is 469 Å². The van der Waals surface area contributed by atoms with E-state index in [4.69, 9.17) is 4.74 Å². The van der Waals surface area contributed by atoms with Crippen LogP contribution >= 0.6 is 0 Å². The van der Waals surface area contributed by atoms with Gasteiger partial charge in [0.15, 0.2) is 0 Å². The summed E-state index contributed by atoms with van der Waals surface area (Å²) in [4.78, 5) is 24.5. The van der Waals surface area contributed by atoms with Gasteiger partial charge in [0.1, 0.15) is 0 Å². The van der Waals surface area contributed by atoms with Crippen LogP contribution in [0.3, 0.4) is 0 Å². The number of nitrogens with one attached hydrogen (secondary N) is 1. The zero-order chi connectivity index (χ0) is 54.3. The van der Waals surface area contributed by atoms with Crippen LogP contribution in [0.25, 0.3) is 0 Å². The first kappa shape index (κ1) is 73.3. The molecule has 0 saturated heterocycles. The van der Waals surface area contributed by atoms with Crippen molar-refractivity contribution in [2.45, 2.75) is 392 Å². The molecule has 0 fully saturated rings. The molecule has 1 amide bonds. The molecule has 6 nitrogen and oxygen atoms in total. The maximum Gasteiger partial charge on any atom is 0.305 e. The van der Waals surface area contributed by atoms with Crippen LogP contribution in [-0.2, 0) is 14.3 Å². The number of aliphatic hydroxyl groups is 2. The molecule has 0 aromatic heterocycles. The minimum atomic E-state index is -0.659. The third-order valence-corrected chi connectivity index (χ3v) is 16.0. The highest BCUT2D eigenvalue weighted by molar-refractivity contribution is 5.76. The molecule has 3 N–H and O–H groups in total. The van der Waals surface area contributed by atoms with E-state index in [0.29, 0.717) is 25.9 Å². The maximum absolute atomic E-state index is 12.4. The zero-order valence-electron chi connectivity index (χ0n) is 50.8. The molecule has 0 aliphatic carbocycles. The number of aliphatic hydroxyl groups excluding tert-OH is 2. The van der Waals surface area contributed by atoms with Crippen molar-refractivity contribution in [3.05, 3.63) is 24.3 Å². The molecule has 2 unspecified atom stereocenters. The minimum Gasteiger partial charge on any atom is -0.466 e. The highest BCUT2D eigenvalue weighted by Crippen LogP contribution is 2.18. The van der Waals surface area contributed by atoms with Crippen molar-refractivity contribution in [3.63, 3.8) is 0 Å². The first-order valence-electron chi connectivity index (χ1n) is 34.1. The third kappa shape index (κ3) is 61.4. The summed E-state index contributed by atoms with van der Waals surface area (Å²) in [6, 6.07) is -0.536. The first-order valence-corrected chi connectivity index (χ1v) is 34.1. The second kappa shape index (κ2) is 64.9. The van der Waals surface area contributed by atoms with Crippen molar-refractivity contribution in [2.24, 2.45) is 0 Å². The number of hydrogen-bond acceptors (Lipinski definition) is 5. The van der Waals surface area contributed by atoms with E-state index in [2.05, 4.69) is 43.5 Å². The fraction of sp³-hybridized carbons (Fsp3) is 0.913. The number of allylic oxidation sites excluding steroid dienone is 4.